The minimum absolute atomic E-state index is 0.219. The van der Waals surface area contributed by atoms with Crippen LogP contribution in [0.5, 0.6) is 0 Å². The van der Waals surface area contributed by atoms with E-state index in [2.05, 4.69) is 15.3 Å². The van der Waals surface area contributed by atoms with Gasteiger partial charge in [-0.1, -0.05) is 29.8 Å². The topological polar surface area (TPSA) is 78.4 Å². The van der Waals surface area contributed by atoms with Gasteiger partial charge < -0.3 is 15.1 Å². The number of amides is 2. The number of hydrogen-bond acceptors (Lipinski definition) is 5. The van der Waals surface area contributed by atoms with Gasteiger partial charge in [0, 0.05) is 38.4 Å². The second-order valence-electron chi connectivity index (χ2n) is 6.49. The monoisotopic (exact) mass is 353 g/mol. The van der Waals surface area contributed by atoms with E-state index in [0.29, 0.717) is 44.4 Å². The Morgan fingerprint density at radius 3 is 2.46 bits per heavy atom. The van der Waals surface area contributed by atoms with Gasteiger partial charge in [0.1, 0.15) is 5.69 Å². The number of benzene rings is 1. The van der Waals surface area contributed by atoms with Crippen LogP contribution in [0.15, 0.2) is 30.3 Å². The van der Waals surface area contributed by atoms with E-state index in [1.54, 1.807) is 11.0 Å². The minimum atomic E-state index is -0.219. The quantitative estimate of drug-likeness (QED) is 0.820. The highest BCUT2D eigenvalue weighted by molar-refractivity contribution is 5.92. The molecule has 1 aromatic carbocycles. The van der Waals surface area contributed by atoms with Crippen LogP contribution < -0.4 is 10.2 Å². The van der Waals surface area contributed by atoms with E-state index in [9.17, 15) is 9.59 Å². The smallest absolute Gasteiger partial charge is 0.270 e. The lowest BCUT2D eigenvalue weighted by molar-refractivity contribution is -0.118. The van der Waals surface area contributed by atoms with Gasteiger partial charge in [0.25, 0.3) is 5.91 Å². The summed E-state index contributed by atoms with van der Waals surface area (Å²) in [6, 6.07) is 9.73. The van der Waals surface area contributed by atoms with Crippen LogP contribution in [0.3, 0.4) is 0 Å². The normalized spacial score (nSPS) is 14.2. The molecule has 0 radical (unpaired) electrons. The van der Waals surface area contributed by atoms with Crippen molar-refractivity contribution in [1.82, 2.24) is 20.2 Å². The van der Waals surface area contributed by atoms with E-state index in [0.717, 1.165) is 17.7 Å². The molecule has 7 nitrogen and oxygen atoms in total. The summed E-state index contributed by atoms with van der Waals surface area (Å²) in [5, 5.41) is 2.91. The Labute approximate surface area is 153 Å². The zero-order valence-electron chi connectivity index (χ0n) is 15.1. The summed E-state index contributed by atoms with van der Waals surface area (Å²) >= 11 is 0. The molecule has 1 N–H and O–H groups in total. The maximum atomic E-state index is 12.5. The first-order valence-electron chi connectivity index (χ1n) is 8.69. The maximum absolute atomic E-state index is 12.5. The predicted octanol–water partition coefficient (Wildman–Crippen LogP) is 1.30. The molecule has 0 bridgehead atoms. The van der Waals surface area contributed by atoms with Crippen LogP contribution >= 0.6 is 0 Å². The molecule has 136 valence electrons. The SMILES string of the molecule is Cc1ccc(CNC(=O)c2cc(C)nc(N3CCN(C=O)CC3)n2)cc1. The van der Waals surface area contributed by atoms with Crippen molar-refractivity contribution in [3.05, 3.63) is 52.8 Å². The molecule has 1 saturated heterocycles. The van der Waals surface area contributed by atoms with E-state index in [4.69, 9.17) is 0 Å². The van der Waals surface area contributed by atoms with E-state index in [1.807, 2.05) is 43.0 Å². The molecule has 26 heavy (non-hydrogen) atoms. The highest BCUT2D eigenvalue weighted by atomic mass is 16.2. The molecule has 0 aliphatic carbocycles. The van der Waals surface area contributed by atoms with Crippen molar-refractivity contribution < 1.29 is 9.59 Å². The average Bonchev–Trinajstić information content (AvgIpc) is 2.67. The molecule has 2 aromatic rings. The fraction of sp³-hybridized carbons (Fsp3) is 0.368. The van der Waals surface area contributed by atoms with Crippen LogP contribution in [-0.4, -0.2) is 53.4 Å². The summed E-state index contributed by atoms with van der Waals surface area (Å²) in [5.41, 5.74) is 3.33. The molecule has 0 atom stereocenters. The van der Waals surface area contributed by atoms with Gasteiger partial charge >= 0.3 is 0 Å². The molecule has 1 aliphatic heterocycles. The van der Waals surface area contributed by atoms with Gasteiger partial charge in [0.15, 0.2) is 0 Å². The van der Waals surface area contributed by atoms with Gasteiger partial charge in [-0.3, -0.25) is 9.59 Å². The number of aryl methyl sites for hydroxylation is 2. The van der Waals surface area contributed by atoms with Gasteiger partial charge in [-0.2, -0.15) is 0 Å². The Morgan fingerprint density at radius 1 is 1.12 bits per heavy atom. The molecule has 1 fully saturated rings. The van der Waals surface area contributed by atoms with Gasteiger partial charge in [-0.05, 0) is 25.5 Å². The summed E-state index contributed by atoms with van der Waals surface area (Å²) in [4.78, 5) is 35.9. The average molecular weight is 353 g/mol. The fourth-order valence-corrected chi connectivity index (χ4v) is 2.82. The standard InChI is InChI=1S/C19H23N5O2/c1-14-3-5-16(6-4-14)12-20-18(26)17-11-15(2)21-19(22-17)24-9-7-23(13-25)8-10-24/h3-6,11,13H,7-10,12H2,1-2H3,(H,20,26). The zero-order valence-corrected chi connectivity index (χ0v) is 15.1. The first-order chi connectivity index (χ1) is 12.5. The zero-order chi connectivity index (χ0) is 18.5. The van der Waals surface area contributed by atoms with Gasteiger partial charge in [0.2, 0.25) is 12.4 Å². The highest BCUT2D eigenvalue weighted by Crippen LogP contribution is 2.13. The second kappa shape index (κ2) is 7.95. The molecule has 2 amide bonds. The molecule has 0 spiro atoms. The molecule has 3 rings (SSSR count). The number of aromatic nitrogens is 2. The predicted molar refractivity (Wildman–Crippen MR) is 99.0 cm³/mol. The minimum Gasteiger partial charge on any atom is -0.347 e. The lowest BCUT2D eigenvalue weighted by Crippen LogP contribution is -2.46. The van der Waals surface area contributed by atoms with Crippen molar-refractivity contribution in [3.8, 4) is 0 Å². The van der Waals surface area contributed by atoms with Crippen LogP contribution in [0.4, 0.5) is 5.95 Å². The third-order valence-corrected chi connectivity index (χ3v) is 4.39. The molecular weight excluding hydrogens is 330 g/mol. The van der Waals surface area contributed by atoms with E-state index < -0.39 is 0 Å². The number of carbonyl (C=O) groups excluding carboxylic acids is 2. The van der Waals surface area contributed by atoms with Gasteiger partial charge in [-0.15, -0.1) is 0 Å². The van der Waals surface area contributed by atoms with Crippen molar-refractivity contribution in [3.63, 3.8) is 0 Å². The lowest BCUT2D eigenvalue weighted by Gasteiger charge is -2.32. The first kappa shape index (κ1) is 17.8. The third kappa shape index (κ3) is 4.36. The Balaban J connectivity index is 1.67. The van der Waals surface area contributed by atoms with Crippen molar-refractivity contribution in [2.45, 2.75) is 20.4 Å². The number of nitrogens with zero attached hydrogens (tertiary/aromatic N) is 4. The number of rotatable bonds is 5. The van der Waals surface area contributed by atoms with Crippen LogP contribution in [-0.2, 0) is 11.3 Å². The van der Waals surface area contributed by atoms with Crippen LogP contribution in [0, 0.1) is 13.8 Å². The van der Waals surface area contributed by atoms with E-state index in [-0.39, 0.29) is 5.91 Å². The largest absolute Gasteiger partial charge is 0.347 e. The van der Waals surface area contributed by atoms with E-state index in [1.165, 1.54) is 5.56 Å². The molecule has 1 aliphatic rings. The lowest BCUT2D eigenvalue weighted by atomic mass is 10.1. The maximum Gasteiger partial charge on any atom is 0.270 e. The van der Waals surface area contributed by atoms with Crippen molar-refractivity contribution >= 4 is 18.3 Å². The Morgan fingerprint density at radius 2 is 1.81 bits per heavy atom. The van der Waals surface area contributed by atoms with E-state index >= 15 is 0 Å². The summed E-state index contributed by atoms with van der Waals surface area (Å²) in [6.07, 6.45) is 0.860. The Kier molecular flexibility index (Phi) is 5.46. The molecule has 0 unspecified atom stereocenters. The summed E-state index contributed by atoms with van der Waals surface area (Å²) < 4.78 is 0. The number of piperazine rings is 1. The summed E-state index contributed by atoms with van der Waals surface area (Å²) in [7, 11) is 0. The van der Waals surface area contributed by atoms with Crippen molar-refractivity contribution in [1.29, 1.82) is 0 Å². The fourth-order valence-electron chi connectivity index (χ4n) is 2.82. The number of carbonyl (C=O) groups is 2. The molecule has 1 aromatic heterocycles. The van der Waals surface area contributed by atoms with Crippen molar-refractivity contribution in [2.24, 2.45) is 0 Å². The Hall–Kier alpha value is -2.96. The van der Waals surface area contributed by atoms with Gasteiger partial charge in [0.05, 0.1) is 0 Å². The molecule has 2 heterocycles. The summed E-state index contributed by atoms with van der Waals surface area (Å²) in [6.45, 7) is 6.92. The van der Waals surface area contributed by atoms with Crippen LogP contribution in [0.2, 0.25) is 0 Å². The Bertz CT molecular complexity index is 783. The molecular formula is C19H23N5O2. The van der Waals surface area contributed by atoms with Crippen molar-refractivity contribution in [2.75, 3.05) is 31.1 Å². The van der Waals surface area contributed by atoms with Crippen LogP contribution in [0.25, 0.3) is 0 Å². The number of hydrogen-bond donors (Lipinski definition) is 1. The molecule has 0 saturated carbocycles. The second-order valence-corrected chi connectivity index (χ2v) is 6.49. The number of anilines is 1. The third-order valence-electron chi connectivity index (χ3n) is 4.39. The first-order valence-corrected chi connectivity index (χ1v) is 8.69. The summed E-state index contributed by atoms with van der Waals surface area (Å²) in [5.74, 6) is 0.319. The van der Waals surface area contributed by atoms with Gasteiger partial charge in [-0.25, -0.2) is 9.97 Å². The highest BCUT2D eigenvalue weighted by Gasteiger charge is 2.19. The molecule has 7 heteroatoms. The van der Waals surface area contributed by atoms with Crippen LogP contribution in [0.1, 0.15) is 27.3 Å². The number of nitrogens with one attached hydrogen (secondary N) is 1.